The number of piperidine rings is 1. The summed E-state index contributed by atoms with van der Waals surface area (Å²) in [6.07, 6.45) is 1.83. The van der Waals surface area contributed by atoms with Crippen LogP contribution in [-0.4, -0.2) is 67.8 Å². The van der Waals surface area contributed by atoms with Gasteiger partial charge in [0.2, 0.25) is 0 Å². The van der Waals surface area contributed by atoms with Crippen LogP contribution < -0.4 is 4.90 Å². The van der Waals surface area contributed by atoms with Crippen LogP contribution >= 0.6 is 0 Å². The van der Waals surface area contributed by atoms with Crippen molar-refractivity contribution in [2.75, 3.05) is 43.1 Å². The van der Waals surface area contributed by atoms with Crippen LogP contribution in [0.1, 0.15) is 26.2 Å². The predicted molar refractivity (Wildman–Crippen MR) is 97.1 cm³/mol. The third kappa shape index (κ3) is 4.15. The van der Waals surface area contributed by atoms with E-state index in [0.29, 0.717) is 38.9 Å². The summed E-state index contributed by atoms with van der Waals surface area (Å²) in [7, 11) is -1.06. The van der Waals surface area contributed by atoms with E-state index in [1.807, 2.05) is 18.9 Å². The number of rotatable bonds is 4. The van der Waals surface area contributed by atoms with Gasteiger partial charge in [0.15, 0.2) is 9.84 Å². The molecule has 25 heavy (non-hydrogen) atoms. The minimum atomic E-state index is -2.97. The Labute approximate surface area is 149 Å². The monoisotopic (exact) mass is 370 g/mol. The van der Waals surface area contributed by atoms with Crippen molar-refractivity contribution in [3.8, 4) is 0 Å². The Bertz CT molecular complexity index is 714. The Morgan fingerprint density at radius 3 is 2.32 bits per heavy atom. The lowest BCUT2D eigenvalue weighted by atomic mass is 9.88. The van der Waals surface area contributed by atoms with Gasteiger partial charge in [-0.05, 0) is 57.5 Å². The van der Waals surface area contributed by atoms with Crippen LogP contribution in [0.5, 0.6) is 0 Å². The molecule has 0 aromatic heterocycles. The minimum absolute atomic E-state index is 0.161. The Balaban J connectivity index is 1.60. The van der Waals surface area contributed by atoms with Crippen LogP contribution in [-0.2, 0) is 9.84 Å². The van der Waals surface area contributed by atoms with E-state index in [0.717, 1.165) is 5.69 Å². The summed E-state index contributed by atoms with van der Waals surface area (Å²) in [6.45, 7) is 3.83. The first-order valence-electron chi connectivity index (χ1n) is 8.76. The number of hydrogen-bond donors (Lipinski definition) is 1. The number of benzene rings is 1. The van der Waals surface area contributed by atoms with Gasteiger partial charge < -0.3 is 10.0 Å². The SMILES string of the molecule is CN(CC1(O)CCN(c2ccc(F)cc2)CC1)C1(C)CCS(=O)(=O)C1. The van der Waals surface area contributed by atoms with E-state index < -0.39 is 21.0 Å². The lowest BCUT2D eigenvalue weighted by Crippen LogP contribution is -2.55. The van der Waals surface area contributed by atoms with E-state index in [1.165, 1.54) is 12.1 Å². The highest BCUT2D eigenvalue weighted by Gasteiger charge is 2.44. The van der Waals surface area contributed by atoms with Crippen LogP contribution in [0, 0.1) is 5.82 Å². The van der Waals surface area contributed by atoms with Crippen molar-refractivity contribution in [2.24, 2.45) is 0 Å². The highest BCUT2D eigenvalue weighted by Crippen LogP contribution is 2.33. The maximum absolute atomic E-state index is 13.1. The molecule has 1 aromatic rings. The molecule has 0 aliphatic carbocycles. The average Bonchev–Trinajstić information content (AvgIpc) is 2.84. The molecule has 2 aliphatic heterocycles. The van der Waals surface area contributed by atoms with Gasteiger partial charge in [-0.2, -0.15) is 0 Å². The standard InChI is InChI=1S/C18H27FN2O3S/c1-17(9-12-25(23,24)14-17)20(2)13-18(22)7-10-21(11-8-18)16-5-3-15(19)4-6-16/h3-6,22H,7-14H2,1-2H3. The molecule has 0 radical (unpaired) electrons. The summed E-state index contributed by atoms with van der Waals surface area (Å²) in [4.78, 5) is 4.17. The molecule has 2 saturated heterocycles. The van der Waals surface area contributed by atoms with Gasteiger partial charge in [0, 0.05) is 30.9 Å². The zero-order valence-corrected chi connectivity index (χ0v) is 15.7. The lowest BCUT2D eigenvalue weighted by Gasteiger charge is -2.44. The van der Waals surface area contributed by atoms with E-state index in [4.69, 9.17) is 0 Å². The van der Waals surface area contributed by atoms with Crippen LogP contribution in [0.2, 0.25) is 0 Å². The van der Waals surface area contributed by atoms with Crippen molar-refractivity contribution < 1.29 is 17.9 Å². The number of halogens is 1. The van der Waals surface area contributed by atoms with Crippen molar-refractivity contribution in [1.82, 2.24) is 4.90 Å². The molecule has 1 unspecified atom stereocenters. The molecule has 2 heterocycles. The second-order valence-electron chi connectivity index (χ2n) is 7.88. The molecule has 5 nitrogen and oxygen atoms in total. The van der Waals surface area contributed by atoms with Crippen LogP contribution in [0.3, 0.4) is 0 Å². The highest BCUT2D eigenvalue weighted by molar-refractivity contribution is 7.91. The van der Waals surface area contributed by atoms with Crippen molar-refractivity contribution >= 4 is 15.5 Å². The minimum Gasteiger partial charge on any atom is -0.388 e. The summed E-state index contributed by atoms with van der Waals surface area (Å²) in [5, 5.41) is 11.0. The molecule has 1 aromatic carbocycles. The smallest absolute Gasteiger partial charge is 0.152 e. The number of nitrogens with zero attached hydrogens (tertiary/aromatic N) is 2. The largest absolute Gasteiger partial charge is 0.388 e. The lowest BCUT2D eigenvalue weighted by molar-refractivity contribution is -0.0312. The fraction of sp³-hybridized carbons (Fsp3) is 0.667. The number of anilines is 1. The predicted octanol–water partition coefficient (Wildman–Crippen LogP) is 1.67. The molecule has 7 heteroatoms. The van der Waals surface area contributed by atoms with Gasteiger partial charge in [-0.25, -0.2) is 12.8 Å². The zero-order valence-electron chi connectivity index (χ0n) is 14.9. The van der Waals surface area contributed by atoms with E-state index in [1.54, 1.807) is 12.1 Å². The van der Waals surface area contributed by atoms with Crippen molar-refractivity contribution in [3.63, 3.8) is 0 Å². The fourth-order valence-electron chi connectivity index (χ4n) is 3.92. The number of hydrogen-bond acceptors (Lipinski definition) is 5. The van der Waals surface area contributed by atoms with Crippen LogP contribution in [0.15, 0.2) is 24.3 Å². The molecule has 2 fully saturated rings. The van der Waals surface area contributed by atoms with Crippen molar-refractivity contribution in [1.29, 1.82) is 0 Å². The second kappa shape index (κ2) is 6.52. The highest BCUT2D eigenvalue weighted by atomic mass is 32.2. The van der Waals surface area contributed by atoms with Gasteiger partial charge >= 0.3 is 0 Å². The van der Waals surface area contributed by atoms with E-state index in [-0.39, 0.29) is 17.3 Å². The Hall–Kier alpha value is -1.18. The maximum atomic E-state index is 13.1. The molecular weight excluding hydrogens is 343 g/mol. The maximum Gasteiger partial charge on any atom is 0.152 e. The van der Waals surface area contributed by atoms with E-state index in [9.17, 15) is 17.9 Å². The van der Waals surface area contributed by atoms with Gasteiger partial charge in [-0.15, -0.1) is 0 Å². The average molecular weight is 370 g/mol. The Morgan fingerprint density at radius 2 is 1.80 bits per heavy atom. The molecule has 0 amide bonds. The molecule has 2 aliphatic rings. The van der Waals surface area contributed by atoms with Crippen molar-refractivity contribution in [3.05, 3.63) is 30.1 Å². The molecule has 0 saturated carbocycles. The quantitative estimate of drug-likeness (QED) is 0.874. The first-order chi connectivity index (χ1) is 11.6. The molecule has 3 rings (SSSR count). The molecular formula is C18H27FN2O3S. The van der Waals surface area contributed by atoms with E-state index >= 15 is 0 Å². The molecule has 0 spiro atoms. The first-order valence-corrected chi connectivity index (χ1v) is 10.6. The zero-order chi connectivity index (χ0) is 18.3. The van der Waals surface area contributed by atoms with Crippen LogP contribution in [0.4, 0.5) is 10.1 Å². The number of likely N-dealkylation sites (N-methyl/N-ethyl adjacent to an activating group) is 1. The fourth-order valence-corrected chi connectivity index (χ4v) is 6.13. The third-order valence-corrected chi connectivity index (χ3v) is 7.71. The van der Waals surface area contributed by atoms with Gasteiger partial charge in [0.25, 0.3) is 0 Å². The number of sulfone groups is 1. The normalized spacial score (nSPS) is 28.4. The van der Waals surface area contributed by atoms with Crippen molar-refractivity contribution in [2.45, 2.75) is 37.3 Å². The van der Waals surface area contributed by atoms with Gasteiger partial charge in [0.05, 0.1) is 17.1 Å². The number of β-amino-alcohol motifs (C(OH)–C–C–N with tert-alkyl or cyclic N) is 1. The number of aliphatic hydroxyl groups is 1. The van der Waals surface area contributed by atoms with Gasteiger partial charge in [-0.3, -0.25) is 4.90 Å². The molecule has 140 valence electrons. The summed E-state index contributed by atoms with van der Waals surface area (Å²) in [5.74, 6) is 0.137. The topological polar surface area (TPSA) is 60.9 Å². The molecule has 0 bridgehead atoms. The summed E-state index contributed by atoms with van der Waals surface area (Å²) < 4.78 is 36.7. The molecule has 1 N–H and O–H groups in total. The summed E-state index contributed by atoms with van der Waals surface area (Å²) in [5.41, 5.74) is -0.255. The van der Waals surface area contributed by atoms with Gasteiger partial charge in [-0.1, -0.05) is 0 Å². The Kier molecular flexibility index (Phi) is 4.85. The second-order valence-corrected chi connectivity index (χ2v) is 10.1. The summed E-state index contributed by atoms with van der Waals surface area (Å²) in [6, 6.07) is 6.42. The third-order valence-electron chi connectivity index (χ3n) is 5.82. The van der Waals surface area contributed by atoms with Crippen LogP contribution in [0.25, 0.3) is 0 Å². The first kappa shape index (κ1) is 18.6. The molecule has 1 atom stereocenters. The van der Waals surface area contributed by atoms with E-state index in [2.05, 4.69) is 4.90 Å². The Morgan fingerprint density at radius 1 is 1.20 bits per heavy atom. The van der Waals surface area contributed by atoms with Gasteiger partial charge in [0.1, 0.15) is 5.82 Å². The summed E-state index contributed by atoms with van der Waals surface area (Å²) >= 11 is 0.